The highest BCUT2D eigenvalue weighted by atomic mass is 35.5. The zero-order chi connectivity index (χ0) is 13.5. The molecule has 1 aromatic carbocycles. The molecule has 2 fully saturated rings. The fourth-order valence-corrected chi connectivity index (χ4v) is 3.39. The number of benzene rings is 1. The molecule has 1 spiro atoms. The lowest BCUT2D eigenvalue weighted by Crippen LogP contribution is -2.36. The predicted octanol–water partition coefficient (Wildman–Crippen LogP) is 3.55. The highest BCUT2D eigenvalue weighted by Gasteiger charge is 2.51. The summed E-state index contributed by atoms with van der Waals surface area (Å²) in [7, 11) is 0. The zero-order valence-electron chi connectivity index (χ0n) is 10.7. The van der Waals surface area contributed by atoms with Gasteiger partial charge in [-0.3, -0.25) is 14.5 Å². The molecular weight excluding hydrogens is 262 g/mol. The summed E-state index contributed by atoms with van der Waals surface area (Å²) in [6, 6.07) is 6.90. The van der Waals surface area contributed by atoms with E-state index in [9.17, 15) is 9.59 Å². The summed E-state index contributed by atoms with van der Waals surface area (Å²) in [5.74, 6) is -0.0891. The molecule has 1 aliphatic heterocycles. The average Bonchev–Trinajstić information content (AvgIpc) is 2.64. The van der Waals surface area contributed by atoms with Crippen LogP contribution in [-0.2, 0) is 9.59 Å². The first kappa shape index (κ1) is 12.7. The van der Waals surface area contributed by atoms with Crippen molar-refractivity contribution in [3.05, 3.63) is 29.3 Å². The van der Waals surface area contributed by atoms with Gasteiger partial charge in [0.15, 0.2) is 0 Å². The lowest BCUT2D eigenvalue weighted by molar-refractivity contribution is -0.127. The van der Waals surface area contributed by atoms with E-state index in [0.29, 0.717) is 17.1 Å². The molecule has 1 aromatic rings. The molecule has 19 heavy (non-hydrogen) atoms. The Morgan fingerprint density at radius 1 is 1.00 bits per heavy atom. The number of halogens is 1. The van der Waals surface area contributed by atoms with Crippen molar-refractivity contribution >= 4 is 29.1 Å². The predicted molar refractivity (Wildman–Crippen MR) is 74.1 cm³/mol. The molecule has 1 saturated carbocycles. The van der Waals surface area contributed by atoms with Crippen LogP contribution in [0.15, 0.2) is 24.3 Å². The number of anilines is 1. The maximum absolute atomic E-state index is 12.7. The number of imide groups is 1. The molecule has 4 heteroatoms. The maximum Gasteiger partial charge on any atom is 0.240 e. The minimum Gasteiger partial charge on any atom is -0.274 e. The topological polar surface area (TPSA) is 37.4 Å². The summed E-state index contributed by atoms with van der Waals surface area (Å²) in [6.45, 7) is 0. The minimum atomic E-state index is -0.422. The van der Waals surface area contributed by atoms with E-state index in [2.05, 4.69) is 0 Å². The van der Waals surface area contributed by atoms with Gasteiger partial charge >= 0.3 is 0 Å². The van der Waals surface area contributed by atoms with E-state index < -0.39 is 5.41 Å². The van der Waals surface area contributed by atoms with Crippen LogP contribution in [0.5, 0.6) is 0 Å². The first-order valence-electron chi connectivity index (χ1n) is 6.75. The van der Waals surface area contributed by atoms with Gasteiger partial charge in [-0.1, -0.05) is 30.9 Å². The first-order valence-corrected chi connectivity index (χ1v) is 7.13. The number of carbonyl (C=O) groups is 2. The molecular formula is C15H16ClNO2. The van der Waals surface area contributed by atoms with E-state index >= 15 is 0 Å². The van der Waals surface area contributed by atoms with Crippen LogP contribution in [0, 0.1) is 5.41 Å². The first-order chi connectivity index (χ1) is 9.12. The zero-order valence-corrected chi connectivity index (χ0v) is 11.4. The molecule has 3 nitrogen and oxygen atoms in total. The number of nitrogens with zero attached hydrogens (tertiary/aromatic N) is 1. The molecule has 2 aliphatic rings. The Morgan fingerprint density at radius 2 is 1.63 bits per heavy atom. The van der Waals surface area contributed by atoms with Crippen LogP contribution in [0.1, 0.15) is 38.5 Å². The van der Waals surface area contributed by atoms with Gasteiger partial charge in [0.1, 0.15) is 0 Å². The third-order valence-corrected chi connectivity index (χ3v) is 4.54. The molecule has 100 valence electrons. The summed E-state index contributed by atoms with van der Waals surface area (Å²) in [4.78, 5) is 26.2. The molecule has 0 aromatic heterocycles. The average molecular weight is 278 g/mol. The van der Waals surface area contributed by atoms with Crippen molar-refractivity contribution in [2.24, 2.45) is 5.41 Å². The molecule has 0 N–H and O–H groups in total. The molecule has 0 radical (unpaired) electrons. The van der Waals surface area contributed by atoms with Crippen molar-refractivity contribution in [2.75, 3.05) is 4.90 Å². The summed E-state index contributed by atoms with van der Waals surface area (Å²) < 4.78 is 0. The SMILES string of the molecule is O=C1CC2(CCCCC2)C(=O)N1c1ccc(Cl)cc1. The number of carbonyl (C=O) groups excluding carboxylic acids is 2. The summed E-state index contributed by atoms with van der Waals surface area (Å²) in [5, 5.41) is 0.607. The summed E-state index contributed by atoms with van der Waals surface area (Å²) in [5.41, 5.74) is 0.219. The van der Waals surface area contributed by atoms with Gasteiger partial charge in [0.25, 0.3) is 0 Å². The van der Waals surface area contributed by atoms with Crippen molar-refractivity contribution in [3.63, 3.8) is 0 Å². The van der Waals surface area contributed by atoms with Crippen molar-refractivity contribution in [2.45, 2.75) is 38.5 Å². The minimum absolute atomic E-state index is 0.0143. The van der Waals surface area contributed by atoms with Crippen molar-refractivity contribution in [3.8, 4) is 0 Å². The standard InChI is InChI=1S/C15H16ClNO2/c16-11-4-6-12(7-5-11)17-13(18)10-15(14(17)19)8-2-1-3-9-15/h4-7H,1-3,8-10H2. The molecule has 1 aliphatic carbocycles. The third kappa shape index (κ3) is 2.06. The van der Waals surface area contributed by atoms with Crippen LogP contribution in [-0.4, -0.2) is 11.8 Å². The Morgan fingerprint density at radius 3 is 2.26 bits per heavy atom. The third-order valence-electron chi connectivity index (χ3n) is 4.29. The van der Waals surface area contributed by atoms with Gasteiger partial charge in [-0.15, -0.1) is 0 Å². The molecule has 0 atom stereocenters. The Bertz CT molecular complexity index is 517. The van der Waals surface area contributed by atoms with E-state index in [1.807, 2.05) is 0 Å². The van der Waals surface area contributed by atoms with E-state index in [0.717, 1.165) is 25.7 Å². The Kier molecular flexibility index (Phi) is 3.09. The van der Waals surface area contributed by atoms with Gasteiger partial charge in [0.2, 0.25) is 11.8 Å². The molecule has 3 rings (SSSR count). The molecule has 1 saturated heterocycles. The second kappa shape index (κ2) is 4.64. The van der Waals surface area contributed by atoms with Crippen LogP contribution in [0.2, 0.25) is 5.02 Å². The van der Waals surface area contributed by atoms with Crippen LogP contribution in [0.25, 0.3) is 0 Å². The number of rotatable bonds is 1. The summed E-state index contributed by atoms with van der Waals surface area (Å²) >= 11 is 5.84. The molecule has 1 heterocycles. The lowest BCUT2D eigenvalue weighted by atomic mass is 9.73. The highest BCUT2D eigenvalue weighted by Crippen LogP contribution is 2.46. The molecule has 2 amide bonds. The van der Waals surface area contributed by atoms with Crippen molar-refractivity contribution < 1.29 is 9.59 Å². The second-order valence-corrected chi connectivity index (χ2v) is 5.96. The van der Waals surface area contributed by atoms with Crippen LogP contribution in [0.4, 0.5) is 5.69 Å². The molecule has 0 bridgehead atoms. The van der Waals surface area contributed by atoms with Crippen molar-refractivity contribution in [1.82, 2.24) is 0 Å². The Balaban J connectivity index is 1.92. The second-order valence-electron chi connectivity index (χ2n) is 5.53. The molecule has 0 unspecified atom stereocenters. The number of hydrogen-bond acceptors (Lipinski definition) is 2. The van der Waals surface area contributed by atoms with E-state index in [-0.39, 0.29) is 11.8 Å². The smallest absolute Gasteiger partial charge is 0.240 e. The van der Waals surface area contributed by atoms with Crippen LogP contribution < -0.4 is 4.90 Å². The maximum atomic E-state index is 12.7. The van der Waals surface area contributed by atoms with E-state index in [1.165, 1.54) is 11.3 Å². The summed E-state index contributed by atoms with van der Waals surface area (Å²) in [6.07, 6.45) is 5.34. The van der Waals surface area contributed by atoms with Gasteiger partial charge in [0, 0.05) is 11.4 Å². The number of hydrogen-bond donors (Lipinski definition) is 0. The van der Waals surface area contributed by atoms with Gasteiger partial charge in [-0.25, -0.2) is 0 Å². The van der Waals surface area contributed by atoms with E-state index in [4.69, 9.17) is 11.6 Å². The quantitative estimate of drug-likeness (QED) is 0.736. The van der Waals surface area contributed by atoms with Crippen molar-refractivity contribution in [1.29, 1.82) is 0 Å². The largest absolute Gasteiger partial charge is 0.274 e. The monoisotopic (exact) mass is 277 g/mol. The normalized spacial score (nSPS) is 22.3. The van der Waals surface area contributed by atoms with Gasteiger partial charge in [-0.2, -0.15) is 0 Å². The van der Waals surface area contributed by atoms with E-state index in [1.54, 1.807) is 24.3 Å². The fourth-order valence-electron chi connectivity index (χ4n) is 3.27. The Labute approximate surface area is 117 Å². The van der Waals surface area contributed by atoms with Gasteiger partial charge in [0.05, 0.1) is 11.1 Å². The van der Waals surface area contributed by atoms with Crippen LogP contribution in [0.3, 0.4) is 0 Å². The highest BCUT2D eigenvalue weighted by molar-refractivity contribution is 6.30. The fraction of sp³-hybridized carbons (Fsp3) is 0.467. The van der Waals surface area contributed by atoms with Crippen LogP contribution >= 0.6 is 11.6 Å². The number of amides is 2. The lowest BCUT2D eigenvalue weighted by Gasteiger charge is -2.30. The Hall–Kier alpha value is -1.35. The van der Waals surface area contributed by atoms with Gasteiger partial charge < -0.3 is 0 Å². The van der Waals surface area contributed by atoms with Gasteiger partial charge in [-0.05, 0) is 37.1 Å².